The van der Waals surface area contributed by atoms with E-state index in [-0.39, 0.29) is 11.9 Å². The molecule has 24 heavy (non-hydrogen) atoms. The lowest BCUT2D eigenvalue weighted by Gasteiger charge is -2.30. The molecule has 126 valence electrons. The fourth-order valence-electron chi connectivity index (χ4n) is 3.25. The molecule has 1 amide bonds. The second kappa shape index (κ2) is 7.49. The number of benzene rings is 2. The number of hydrogen-bond acceptors (Lipinski definition) is 2. The Morgan fingerprint density at radius 1 is 1.17 bits per heavy atom. The zero-order chi connectivity index (χ0) is 16.9. The first-order chi connectivity index (χ1) is 11.7. The minimum atomic E-state index is -0.104. The molecule has 4 heteroatoms. The van der Waals surface area contributed by atoms with Crippen LogP contribution in [0, 0.1) is 0 Å². The molecule has 1 heterocycles. The highest BCUT2D eigenvalue weighted by Crippen LogP contribution is 2.23. The number of hydrogen-bond donors (Lipinski definition) is 2. The van der Waals surface area contributed by atoms with Crippen LogP contribution in [0.5, 0.6) is 5.75 Å². The van der Waals surface area contributed by atoms with E-state index in [0.29, 0.717) is 6.61 Å². The van der Waals surface area contributed by atoms with Gasteiger partial charge in [0.1, 0.15) is 12.3 Å². The van der Waals surface area contributed by atoms with E-state index in [1.54, 1.807) is 0 Å². The largest absolute Gasteiger partial charge is 0.492 e. The minimum Gasteiger partial charge on any atom is -0.492 e. The van der Waals surface area contributed by atoms with Crippen molar-refractivity contribution in [1.82, 2.24) is 0 Å². The van der Waals surface area contributed by atoms with Crippen molar-refractivity contribution in [3.8, 4) is 5.75 Å². The molecule has 2 aromatic rings. The lowest BCUT2D eigenvalue weighted by atomic mass is 9.99. The van der Waals surface area contributed by atoms with Crippen LogP contribution in [0.3, 0.4) is 0 Å². The standard InChI is InChI=1S/C20H24N2O2/c1-3-24-19-11-7-6-10-18(19)21-20(23)15(2)22-13-12-16-8-4-5-9-17(16)14-22/h4-11,15H,3,12-14H2,1-2H3,(H,21,23)/p+1/t15-/m1/s1. The Balaban J connectivity index is 1.68. The molecule has 2 atom stereocenters. The molecule has 0 spiro atoms. The van der Waals surface area contributed by atoms with Gasteiger partial charge in [0.2, 0.25) is 0 Å². The van der Waals surface area contributed by atoms with E-state index in [4.69, 9.17) is 4.74 Å². The fraction of sp³-hybridized carbons (Fsp3) is 0.350. The molecule has 0 saturated heterocycles. The van der Waals surface area contributed by atoms with Crippen molar-refractivity contribution >= 4 is 11.6 Å². The van der Waals surface area contributed by atoms with Crippen LogP contribution in [0.1, 0.15) is 25.0 Å². The van der Waals surface area contributed by atoms with Gasteiger partial charge in [0.05, 0.1) is 18.8 Å². The molecule has 1 aliphatic heterocycles. The van der Waals surface area contributed by atoms with E-state index in [9.17, 15) is 4.79 Å². The summed E-state index contributed by atoms with van der Waals surface area (Å²) in [6.45, 7) is 6.41. The fourth-order valence-corrected chi connectivity index (χ4v) is 3.25. The number of para-hydroxylation sites is 2. The summed E-state index contributed by atoms with van der Waals surface area (Å²) >= 11 is 0. The van der Waals surface area contributed by atoms with Gasteiger partial charge in [-0.2, -0.15) is 0 Å². The third-order valence-electron chi connectivity index (χ3n) is 4.70. The quantitative estimate of drug-likeness (QED) is 0.884. The molecule has 0 bridgehead atoms. The Morgan fingerprint density at radius 3 is 2.67 bits per heavy atom. The molecule has 0 radical (unpaired) electrons. The van der Waals surface area contributed by atoms with Gasteiger partial charge in [0, 0.05) is 12.0 Å². The highest BCUT2D eigenvalue weighted by molar-refractivity contribution is 5.94. The maximum Gasteiger partial charge on any atom is 0.282 e. The lowest BCUT2D eigenvalue weighted by molar-refractivity contribution is -0.929. The molecule has 0 fully saturated rings. The van der Waals surface area contributed by atoms with Gasteiger partial charge in [-0.05, 0) is 31.5 Å². The number of ether oxygens (including phenoxy) is 1. The van der Waals surface area contributed by atoms with Gasteiger partial charge in [0.15, 0.2) is 6.04 Å². The number of nitrogens with one attached hydrogen (secondary N) is 2. The molecular weight excluding hydrogens is 300 g/mol. The number of quaternary nitrogens is 1. The van der Waals surface area contributed by atoms with Gasteiger partial charge in [-0.1, -0.05) is 36.4 Å². The molecule has 0 aliphatic carbocycles. The van der Waals surface area contributed by atoms with Crippen LogP contribution in [0.15, 0.2) is 48.5 Å². The van der Waals surface area contributed by atoms with Crippen LogP contribution in [-0.4, -0.2) is 25.1 Å². The number of rotatable bonds is 5. The summed E-state index contributed by atoms with van der Waals surface area (Å²) in [6, 6.07) is 16.0. The van der Waals surface area contributed by atoms with Crippen molar-refractivity contribution in [2.24, 2.45) is 0 Å². The second-order valence-electron chi connectivity index (χ2n) is 6.24. The first kappa shape index (κ1) is 16.5. The van der Waals surface area contributed by atoms with Crippen molar-refractivity contribution < 1.29 is 14.4 Å². The third kappa shape index (κ3) is 3.60. The molecule has 4 nitrogen and oxygen atoms in total. The van der Waals surface area contributed by atoms with Crippen molar-refractivity contribution in [3.63, 3.8) is 0 Å². The Labute approximate surface area is 143 Å². The average Bonchev–Trinajstić information content (AvgIpc) is 2.62. The molecular formula is C20H25N2O2+. The van der Waals surface area contributed by atoms with Crippen molar-refractivity contribution in [1.29, 1.82) is 0 Å². The molecule has 1 aliphatic rings. The van der Waals surface area contributed by atoms with E-state index in [1.807, 2.05) is 38.1 Å². The van der Waals surface area contributed by atoms with E-state index in [1.165, 1.54) is 16.0 Å². The van der Waals surface area contributed by atoms with Gasteiger partial charge < -0.3 is 15.0 Å². The van der Waals surface area contributed by atoms with Gasteiger partial charge in [-0.25, -0.2) is 0 Å². The summed E-state index contributed by atoms with van der Waals surface area (Å²) < 4.78 is 5.59. The van der Waals surface area contributed by atoms with Crippen molar-refractivity contribution in [2.45, 2.75) is 32.9 Å². The summed E-state index contributed by atoms with van der Waals surface area (Å²) in [5, 5.41) is 3.03. The first-order valence-electron chi connectivity index (χ1n) is 8.63. The Hall–Kier alpha value is -2.33. The van der Waals surface area contributed by atoms with Gasteiger partial charge in [-0.3, -0.25) is 4.79 Å². The Bertz CT molecular complexity index is 714. The number of amides is 1. The highest BCUT2D eigenvalue weighted by atomic mass is 16.5. The molecule has 2 N–H and O–H groups in total. The maximum absolute atomic E-state index is 12.7. The van der Waals surface area contributed by atoms with Crippen LogP contribution in [0.25, 0.3) is 0 Å². The zero-order valence-corrected chi connectivity index (χ0v) is 14.3. The van der Waals surface area contributed by atoms with Crippen molar-refractivity contribution in [2.75, 3.05) is 18.5 Å². The molecule has 0 saturated carbocycles. The number of anilines is 1. The third-order valence-corrected chi connectivity index (χ3v) is 4.70. The monoisotopic (exact) mass is 325 g/mol. The van der Waals surface area contributed by atoms with Crippen molar-refractivity contribution in [3.05, 3.63) is 59.7 Å². The van der Waals surface area contributed by atoms with Crippen LogP contribution in [0.4, 0.5) is 5.69 Å². The maximum atomic E-state index is 12.7. The summed E-state index contributed by atoms with van der Waals surface area (Å²) in [5.74, 6) is 0.760. The van der Waals surface area contributed by atoms with Gasteiger partial charge >= 0.3 is 0 Å². The first-order valence-corrected chi connectivity index (χ1v) is 8.63. The van der Waals surface area contributed by atoms with Gasteiger partial charge in [0.25, 0.3) is 5.91 Å². The number of carbonyl (C=O) groups is 1. The molecule has 1 unspecified atom stereocenters. The smallest absolute Gasteiger partial charge is 0.282 e. The normalized spacial score (nSPS) is 17.7. The highest BCUT2D eigenvalue weighted by Gasteiger charge is 2.29. The SMILES string of the molecule is CCOc1ccccc1NC(=O)[C@@H](C)[NH+]1CCc2ccccc2C1. The summed E-state index contributed by atoms with van der Waals surface area (Å²) in [6.07, 6.45) is 1.03. The Kier molecular flexibility index (Phi) is 5.16. The van der Waals surface area contributed by atoms with Gasteiger partial charge in [-0.15, -0.1) is 0 Å². The molecule has 3 rings (SSSR count). The minimum absolute atomic E-state index is 0.0385. The van der Waals surface area contributed by atoms with Crippen LogP contribution < -0.4 is 15.0 Å². The summed E-state index contributed by atoms with van der Waals surface area (Å²) in [7, 11) is 0. The van der Waals surface area contributed by atoms with E-state index < -0.39 is 0 Å². The number of fused-ring (bicyclic) bond motifs is 1. The van der Waals surface area contributed by atoms with Crippen LogP contribution >= 0.6 is 0 Å². The van der Waals surface area contributed by atoms with E-state index in [0.717, 1.165) is 30.9 Å². The van der Waals surface area contributed by atoms with Crippen LogP contribution in [-0.2, 0) is 17.8 Å². The lowest BCUT2D eigenvalue weighted by Crippen LogP contribution is -3.16. The second-order valence-corrected chi connectivity index (χ2v) is 6.24. The van der Waals surface area contributed by atoms with Crippen LogP contribution in [0.2, 0.25) is 0 Å². The summed E-state index contributed by atoms with van der Waals surface area (Å²) in [4.78, 5) is 14.0. The van der Waals surface area contributed by atoms with E-state index >= 15 is 0 Å². The van der Waals surface area contributed by atoms with E-state index in [2.05, 4.69) is 29.6 Å². The topological polar surface area (TPSA) is 42.8 Å². The predicted octanol–water partition coefficient (Wildman–Crippen LogP) is 2.05. The number of carbonyl (C=O) groups excluding carboxylic acids is 1. The zero-order valence-electron chi connectivity index (χ0n) is 14.3. The summed E-state index contributed by atoms with van der Waals surface area (Å²) in [5.41, 5.74) is 3.51. The Morgan fingerprint density at radius 2 is 1.88 bits per heavy atom. The molecule has 2 aromatic carbocycles. The average molecular weight is 325 g/mol. The molecule has 0 aromatic heterocycles. The predicted molar refractivity (Wildman–Crippen MR) is 95.4 cm³/mol.